The van der Waals surface area contributed by atoms with Crippen LogP contribution >= 0.6 is 0 Å². The molecule has 0 bridgehead atoms. The molecular weight excluding hydrogens is 499 g/mol. The number of aromatic amines is 1. The van der Waals surface area contributed by atoms with Gasteiger partial charge in [-0.1, -0.05) is 0 Å². The predicted molar refractivity (Wildman–Crippen MR) is 116 cm³/mol. The second-order valence-corrected chi connectivity index (χ2v) is 9.11. The van der Waals surface area contributed by atoms with Crippen LogP contribution in [0, 0.1) is 0 Å². The Balaban J connectivity index is 0.000000762. The zero-order valence-corrected chi connectivity index (χ0v) is 20.5. The van der Waals surface area contributed by atoms with Crippen molar-refractivity contribution < 1.29 is 45.8 Å². The number of esters is 1. The van der Waals surface area contributed by atoms with Crippen LogP contribution in [0.5, 0.6) is 0 Å². The Morgan fingerprint density at radius 1 is 1.14 bits per heavy atom. The number of sulfonamides is 1. The van der Waals surface area contributed by atoms with Crippen LogP contribution in [-0.2, 0) is 24.3 Å². The van der Waals surface area contributed by atoms with Gasteiger partial charge in [0.25, 0.3) is 10.0 Å². The highest BCUT2D eigenvalue weighted by molar-refractivity contribution is 7.89. The number of aromatic nitrogens is 2. The minimum absolute atomic E-state index is 0.0412. The van der Waals surface area contributed by atoms with Crippen LogP contribution in [0.4, 0.5) is 13.2 Å². The molecular formula is C19H30F3N5O7S. The van der Waals surface area contributed by atoms with Gasteiger partial charge in [-0.05, 0) is 33.7 Å². The standard InChI is InChI=1S/C17H29N5O5S.C2HF3O2/c1-4-21(5-2)15(23)13-20-8-7-9-22(11-10-20)28(25,26)16-14(12-18-19-16)17(24)27-6-3;3-2(4,5)1(6)7/h12H,4-11,13H2,1-3H3,(H,18,19);(H,6,7). The van der Waals surface area contributed by atoms with Crippen LogP contribution in [0.25, 0.3) is 0 Å². The topological polar surface area (TPSA) is 153 Å². The number of ether oxygens (including phenoxy) is 1. The first-order valence-corrected chi connectivity index (χ1v) is 12.2. The molecule has 0 saturated carbocycles. The van der Waals surface area contributed by atoms with Crippen molar-refractivity contribution in [1.29, 1.82) is 0 Å². The molecule has 0 atom stereocenters. The quantitative estimate of drug-likeness (QED) is 0.465. The Morgan fingerprint density at radius 2 is 1.74 bits per heavy atom. The second kappa shape index (κ2) is 13.4. The van der Waals surface area contributed by atoms with Crippen molar-refractivity contribution in [2.24, 2.45) is 0 Å². The maximum absolute atomic E-state index is 13.0. The summed E-state index contributed by atoms with van der Waals surface area (Å²) in [6, 6.07) is 0. The summed E-state index contributed by atoms with van der Waals surface area (Å²) in [5.41, 5.74) is -0.0975. The van der Waals surface area contributed by atoms with E-state index < -0.39 is 28.1 Å². The Morgan fingerprint density at radius 3 is 2.26 bits per heavy atom. The fraction of sp³-hybridized carbons (Fsp3) is 0.684. The number of carbonyl (C=O) groups is 3. The lowest BCUT2D eigenvalue weighted by Crippen LogP contribution is -2.42. The van der Waals surface area contributed by atoms with Crippen molar-refractivity contribution in [1.82, 2.24) is 24.3 Å². The zero-order chi connectivity index (χ0) is 26.8. The predicted octanol–water partition coefficient (Wildman–Crippen LogP) is 0.785. The van der Waals surface area contributed by atoms with Gasteiger partial charge in [-0.15, -0.1) is 0 Å². The van der Waals surface area contributed by atoms with Gasteiger partial charge < -0.3 is 14.7 Å². The minimum Gasteiger partial charge on any atom is -0.475 e. The van der Waals surface area contributed by atoms with Gasteiger partial charge in [0, 0.05) is 32.7 Å². The van der Waals surface area contributed by atoms with Crippen molar-refractivity contribution >= 4 is 27.9 Å². The van der Waals surface area contributed by atoms with E-state index in [1.165, 1.54) is 4.31 Å². The third-order valence-corrected chi connectivity index (χ3v) is 6.83. The molecule has 1 fully saturated rings. The van der Waals surface area contributed by atoms with Gasteiger partial charge in [-0.3, -0.25) is 14.8 Å². The Hall–Kier alpha value is -2.72. The summed E-state index contributed by atoms with van der Waals surface area (Å²) in [4.78, 5) is 36.9. The molecule has 200 valence electrons. The lowest BCUT2D eigenvalue weighted by atomic mass is 10.3. The maximum atomic E-state index is 13.0. The van der Waals surface area contributed by atoms with Crippen LogP contribution in [0.3, 0.4) is 0 Å². The molecule has 12 nitrogen and oxygen atoms in total. The van der Waals surface area contributed by atoms with E-state index in [4.69, 9.17) is 14.6 Å². The third kappa shape index (κ3) is 8.78. The number of hydrogen-bond acceptors (Lipinski definition) is 8. The van der Waals surface area contributed by atoms with E-state index in [1.54, 1.807) is 11.8 Å². The average Bonchev–Trinajstić information content (AvgIpc) is 3.16. The molecule has 1 aliphatic rings. The number of H-pyrrole nitrogens is 1. The van der Waals surface area contributed by atoms with Crippen LogP contribution in [0.15, 0.2) is 11.2 Å². The molecule has 0 aromatic carbocycles. The second-order valence-electron chi connectivity index (χ2n) is 7.24. The number of rotatable bonds is 8. The number of carboxylic acids is 1. The normalized spacial score (nSPS) is 15.5. The lowest BCUT2D eigenvalue weighted by molar-refractivity contribution is -0.192. The molecule has 1 amide bonds. The van der Waals surface area contributed by atoms with Crippen LogP contribution in [-0.4, -0.2) is 114 Å². The number of aliphatic carboxylic acids is 1. The molecule has 1 saturated heterocycles. The maximum Gasteiger partial charge on any atom is 0.490 e. The smallest absolute Gasteiger partial charge is 0.475 e. The Kier molecular flexibility index (Phi) is 11.6. The molecule has 16 heteroatoms. The van der Waals surface area contributed by atoms with E-state index in [2.05, 4.69) is 10.2 Å². The van der Waals surface area contributed by atoms with E-state index in [-0.39, 0.29) is 36.2 Å². The number of nitrogens with one attached hydrogen (secondary N) is 1. The number of likely N-dealkylation sites (N-methyl/N-ethyl adjacent to an activating group) is 1. The zero-order valence-electron chi connectivity index (χ0n) is 19.7. The van der Waals surface area contributed by atoms with Gasteiger partial charge in [-0.2, -0.15) is 22.6 Å². The van der Waals surface area contributed by atoms with E-state index in [0.717, 1.165) is 6.20 Å². The largest absolute Gasteiger partial charge is 0.490 e. The van der Waals surface area contributed by atoms with Crippen LogP contribution < -0.4 is 0 Å². The summed E-state index contributed by atoms with van der Waals surface area (Å²) in [7, 11) is -3.92. The SMILES string of the molecule is CCOC(=O)c1cn[nH]c1S(=O)(=O)N1CCCN(CC(=O)N(CC)CC)CC1.O=C(O)C(F)(F)F. The summed E-state index contributed by atoms with van der Waals surface area (Å²) in [6.07, 6.45) is -3.33. The fourth-order valence-electron chi connectivity index (χ4n) is 3.17. The summed E-state index contributed by atoms with van der Waals surface area (Å²) >= 11 is 0. The molecule has 1 aliphatic heterocycles. The number of alkyl halides is 3. The van der Waals surface area contributed by atoms with Gasteiger partial charge in [0.05, 0.1) is 19.3 Å². The van der Waals surface area contributed by atoms with E-state index in [0.29, 0.717) is 39.1 Å². The van der Waals surface area contributed by atoms with E-state index in [9.17, 15) is 31.2 Å². The monoisotopic (exact) mass is 529 g/mol. The van der Waals surface area contributed by atoms with E-state index in [1.807, 2.05) is 18.7 Å². The van der Waals surface area contributed by atoms with Gasteiger partial charge in [0.15, 0.2) is 5.03 Å². The number of carboxylic acid groups (broad SMARTS) is 1. The highest BCUT2D eigenvalue weighted by atomic mass is 32.2. The first-order valence-electron chi connectivity index (χ1n) is 10.8. The molecule has 2 heterocycles. The highest BCUT2D eigenvalue weighted by Crippen LogP contribution is 2.20. The fourth-order valence-corrected chi connectivity index (χ4v) is 4.70. The Labute approximate surface area is 201 Å². The first kappa shape index (κ1) is 30.3. The number of carbonyl (C=O) groups excluding carboxylic acids is 2. The molecule has 1 aromatic heterocycles. The number of halogens is 3. The van der Waals surface area contributed by atoms with Crippen molar-refractivity contribution in [2.75, 3.05) is 52.4 Å². The summed E-state index contributed by atoms with van der Waals surface area (Å²) in [5, 5.41) is 13.0. The number of amides is 1. The molecule has 1 aromatic rings. The lowest BCUT2D eigenvalue weighted by Gasteiger charge is -2.25. The van der Waals surface area contributed by atoms with Gasteiger partial charge in [0.2, 0.25) is 5.91 Å². The van der Waals surface area contributed by atoms with Crippen LogP contribution in [0.2, 0.25) is 0 Å². The Bertz CT molecular complexity index is 964. The van der Waals surface area contributed by atoms with Gasteiger partial charge in [-0.25, -0.2) is 18.0 Å². The first-order chi connectivity index (χ1) is 16.3. The summed E-state index contributed by atoms with van der Waals surface area (Å²) in [5.74, 6) is -3.44. The average molecular weight is 530 g/mol. The van der Waals surface area contributed by atoms with Crippen molar-refractivity contribution in [3.8, 4) is 0 Å². The van der Waals surface area contributed by atoms with Crippen molar-refractivity contribution in [3.63, 3.8) is 0 Å². The third-order valence-electron chi connectivity index (χ3n) is 4.96. The number of nitrogens with zero attached hydrogens (tertiary/aromatic N) is 4. The summed E-state index contributed by atoms with van der Waals surface area (Å²) in [6.45, 7) is 8.84. The van der Waals surface area contributed by atoms with Gasteiger partial charge in [0.1, 0.15) is 5.56 Å². The number of hydrogen-bond donors (Lipinski definition) is 2. The summed E-state index contributed by atoms with van der Waals surface area (Å²) < 4.78 is 64.0. The van der Waals surface area contributed by atoms with Crippen molar-refractivity contribution in [3.05, 3.63) is 11.8 Å². The molecule has 0 aliphatic carbocycles. The molecule has 0 spiro atoms. The highest BCUT2D eigenvalue weighted by Gasteiger charge is 2.38. The van der Waals surface area contributed by atoms with Crippen LogP contribution in [0.1, 0.15) is 37.6 Å². The van der Waals surface area contributed by atoms with Crippen molar-refractivity contribution in [2.45, 2.75) is 38.4 Å². The minimum atomic E-state index is -5.08. The molecule has 0 unspecified atom stereocenters. The molecule has 2 N–H and O–H groups in total. The molecule has 2 rings (SSSR count). The molecule has 35 heavy (non-hydrogen) atoms. The molecule has 0 radical (unpaired) electrons. The van der Waals surface area contributed by atoms with Gasteiger partial charge >= 0.3 is 18.1 Å². The van der Waals surface area contributed by atoms with E-state index >= 15 is 0 Å².